The fourth-order valence-electron chi connectivity index (χ4n) is 1.96. The Morgan fingerprint density at radius 2 is 2.00 bits per heavy atom. The molecule has 0 aromatic carbocycles. The molecule has 2 rings (SSSR count). The number of imidazole rings is 1. The van der Waals surface area contributed by atoms with Crippen molar-refractivity contribution < 1.29 is 4.42 Å². The molecule has 0 atom stereocenters. The number of rotatable bonds is 6. The molecule has 2 aromatic heterocycles. The van der Waals surface area contributed by atoms with Crippen LogP contribution >= 0.6 is 0 Å². The highest BCUT2D eigenvalue weighted by Gasteiger charge is 2.08. The van der Waals surface area contributed by atoms with Crippen molar-refractivity contribution in [1.29, 1.82) is 0 Å². The molecule has 0 saturated heterocycles. The van der Waals surface area contributed by atoms with Gasteiger partial charge in [0.2, 0.25) is 0 Å². The Labute approximate surface area is 112 Å². The second kappa shape index (κ2) is 5.93. The summed E-state index contributed by atoms with van der Waals surface area (Å²) in [5, 5.41) is 3.21. The van der Waals surface area contributed by atoms with Crippen LogP contribution in [0.1, 0.15) is 38.3 Å². The van der Waals surface area contributed by atoms with E-state index in [9.17, 15) is 4.79 Å². The van der Waals surface area contributed by atoms with E-state index in [1.54, 1.807) is 15.3 Å². The summed E-state index contributed by atoms with van der Waals surface area (Å²) in [6, 6.07) is 4.04. The van der Waals surface area contributed by atoms with Gasteiger partial charge in [-0.05, 0) is 32.5 Å². The van der Waals surface area contributed by atoms with Crippen molar-refractivity contribution in [2.24, 2.45) is 0 Å². The highest BCUT2D eigenvalue weighted by Crippen LogP contribution is 2.09. The van der Waals surface area contributed by atoms with E-state index in [0.29, 0.717) is 6.54 Å². The van der Waals surface area contributed by atoms with Gasteiger partial charge in [-0.3, -0.25) is 9.13 Å². The van der Waals surface area contributed by atoms with Gasteiger partial charge in [0.25, 0.3) is 0 Å². The molecule has 0 spiro atoms. The first-order valence-corrected chi connectivity index (χ1v) is 6.67. The van der Waals surface area contributed by atoms with Crippen molar-refractivity contribution in [3.05, 3.63) is 46.5 Å². The molecule has 2 aromatic rings. The molecule has 19 heavy (non-hydrogen) atoms. The van der Waals surface area contributed by atoms with Crippen LogP contribution < -0.4 is 11.0 Å². The van der Waals surface area contributed by atoms with Crippen LogP contribution in [0.2, 0.25) is 0 Å². The molecule has 0 radical (unpaired) electrons. The molecule has 1 N–H and O–H groups in total. The van der Waals surface area contributed by atoms with E-state index in [1.165, 1.54) is 0 Å². The summed E-state index contributed by atoms with van der Waals surface area (Å²) >= 11 is 0. The molecule has 0 aliphatic carbocycles. The number of furan rings is 1. The minimum atomic E-state index is -0.000340. The summed E-state index contributed by atoms with van der Waals surface area (Å²) in [5.74, 6) is 1.70. The third-order valence-electron chi connectivity index (χ3n) is 3.02. The largest absolute Gasteiger partial charge is 0.463 e. The van der Waals surface area contributed by atoms with Crippen LogP contribution in [0.3, 0.4) is 0 Å². The quantitative estimate of drug-likeness (QED) is 0.867. The zero-order valence-corrected chi connectivity index (χ0v) is 11.7. The molecular weight excluding hydrogens is 242 g/mol. The maximum atomic E-state index is 12.1. The zero-order valence-electron chi connectivity index (χ0n) is 11.7. The minimum Gasteiger partial charge on any atom is -0.463 e. The fourth-order valence-corrected chi connectivity index (χ4v) is 1.96. The average Bonchev–Trinajstić information content (AvgIpc) is 2.95. The predicted molar refractivity (Wildman–Crippen MR) is 74.3 cm³/mol. The minimum absolute atomic E-state index is 0.000340. The molecule has 0 bridgehead atoms. The predicted octanol–water partition coefficient (Wildman–Crippen LogP) is 1.98. The van der Waals surface area contributed by atoms with E-state index in [1.807, 2.05) is 32.2 Å². The van der Waals surface area contributed by atoms with Gasteiger partial charge in [0.1, 0.15) is 11.5 Å². The smallest absolute Gasteiger partial charge is 0.328 e. The Hall–Kier alpha value is -1.75. The van der Waals surface area contributed by atoms with E-state index in [2.05, 4.69) is 12.2 Å². The maximum Gasteiger partial charge on any atom is 0.328 e. The number of aromatic nitrogens is 2. The van der Waals surface area contributed by atoms with Crippen molar-refractivity contribution >= 4 is 0 Å². The molecular formula is C14H21N3O2. The van der Waals surface area contributed by atoms with Crippen molar-refractivity contribution in [3.8, 4) is 0 Å². The maximum absolute atomic E-state index is 12.1. The van der Waals surface area contributed by atoms with E-state index in [-0.39, 0.29) is 11.7 Å². The second-order valence-electron chi connectivity index (χ2n) is 4.86. The fraction of sp³-hybridized carbons (Fsp3) is 0.500. The second-order valence-corrected chi connectivity index (χ2v) is 4.86. The van der Waals surface area contributed by atoms with Gasteiger partial charge in [0, 0.05) is 18.4 Å². The summed E-state index contributed by atoms with van der Waals surface area (Å²) in [4.78, 5) is 12.1. The van der Waals surface area contributed by atoms with Gasteiger partial charge in [0.15, 0.2) is 0 Å². The summed E-state index contributed by atoms with van der Waals surface area (Å²) in [5.41, 5.74) is -0.000340. The lowest BCUT2D eigenvalue weighted by atomic mass is 10.4. The van der Waals surface area contributed by atoms with Gasteiger partial charge in [-0.25, -0.2) is 4.79 Å². The summed E-state index contributed by atoms with van der Waals surface area (Å²) in [6.07, 6.45) is 3.62. The number of nitrogens with zero attached hydrogens (tertiary/aromatic N) is 2. The number of hydrogen-bond acceptors (Lipinski definition) is 3. The molecule has 0 amide bonds. The van der Waals surface area contributed by atoms with Crippen molar-refractivity contribution in [2.45, 2.75) is 39.9 Å². The summed E-state index contributed by atoms with van der Waals surface area (Å²) in [6.45, 7) is 8.15. The van der Waals surface area contributed by atoms with Crippen LogP contribution in [0.15, 0.2) is 33.7 Å². The van der Waals surface area contributed by atoms with Gasteiger partial charge in [0.05, 0.1) is 13.1 Å². The highest BCUT2D eigenvalue weighted by atomic mass is 16.3. The highest BCUT2D eigenvalue weighted by molar-refractivity contribution is 5.07. The molecule has 5 heteroatoms. The Balaban J connectivity index is 2.09. The van der Waals surface area contributed by atoms with Crippen molar-refractivity contribution in [1.82, 2.24) is 14.5 Å². The number of hydrogen-bond donors (Lipinski definition) is 1. The monoisotopic (exact) mass is 263 g/mol. The molecule has 2 heterocycles. The first-order chi connectivity index (χ1) is 9.11. The molecule has 0 aliphatic rings. The van der Waals surface area contributed by atoms with E-state index in [4.69, 9.17) is 4.42 Å². The van der Waals surface area contributed by atoms with Crippen molar-refractivity contribution in [3.63, 3.8) is 0 Å². The zero-order chi connectivity index (χ0) is 13.8. The van der Waals surface area contributed by atoms with Gasteiger partial charge in [-0.15, -0.1) is 0 Å². The van der Waals surface area contributed by atoms with Gasteiger partial charge >= 0.3 is 5.69 Å². The molecule has 5 nitrogen and oxygen atoms in total. The SMILES string of the molecule is CCNCc1ccc(Cn2ccn(C(C)C)c2=O)o1. The van der Waals surface area contributed by atoms with Crippen LogP contribution in [0.5, 0.6) is 0 Å². The average molecular weight is 263 g/mol. The Bertz CT molecular complexity index is 578. The third-order valence-corrected chi connectivity index (χ3v) is 3.02. The first-order valence-electron chi connectivity index (χ1n) is 6.67. The standard InChI is InChI=1S/C14H21N3O2/c1-4-15-9-12-5-6-13(19-12)10-16-7-8-17(11(2)3)14(16)18/h5-8,11,15H,4,9-10H2,1-3H3. The van der Waals surface area contributed by atoms with Gasteiger partial charge < -0.3 is 9.73 Å². The lowest BCUT2D eigenvalue weighted by Gasteiger charge is -2.04. The van der Waals surface area contributed by atoms with E-state index in [0.717, 1.165) is 24.6 Å². The van der Waals surface area contributed by atoms with Gasteiger partial charge in [-0.2, -0.15) is 0 Å². The topological polar surface area (TPSA) is 52.1 Å². The molecule has 0 unspecified atom stereocenters. The molecule has 0 fully saturated rings. The van der Waals surface area contributed by atoms with Crippen LogP contribution in [0.4, 0.5) is 0 Å². The van der Waals surface area contributed by atoms with E-state index < -0.39 is 0 Å². The number of nitrogens with one attached hydrogen (secondary N) is 1. The van der Waals surface area contributed by atoms with E-state index >= 15 is 0 Å². The Kier molecular flexibility index (Phi) is 4.27. The normalized spacial score (nSPS) is 11.4. The van der Waals surface area contributed by atoms with Crippen LogP contribution in [0, 0.1) is 0 Å². The summed E-state index contributed by atoms with van der Waals surface area (Å²) < 4.78 is 9.06. The lowest BCUT2D eigenvalue weighted by molar-refractivity contribution is 0.435. The Morgan fingerprint density at radius 1 is 1.26 bits per heavy atom. The van der Waals surface area contributed by atoms with Crippen molar-refractivity contribution in [2.75, 3.05) is 6.54 Å². The summed E-state index contributed by atoms with van der Waals surface area (Å²) in [7, 11) is 0. The molecule has 0 aliphatic heterocycles. The molecule has 104 valence electrons. The van der Waals surface area contributed by atoms with Gasteiger partial charge in [-0.1, -0.05) is 6.92 Å². The van der Waals surface area contributed by atoms with Crippen LogP contribution in [0.25, 0.3) is 0 Å². The first kappa shape index (κ1) is 13.7. The third kappa shape index (κ3) is 3.17. The van der Waals surface area contributed by atoms with Crippen LogP contribution in [-0.4, -0.2) is 15.7 Å². The molecule has 0 saturated carbocycles. The Morgan fingerprint density at radius 3 is 2.63 bits per heavy atom. The lowest BCUT2D eigenvalue weighted by Crippen LogP contribution is -2.25. The van der Waals surface area contributed by atoms with Crippen LogP contribution in [-0.2, 0) is 13.1 Å².